The van der Waals surface area contributed by atoms with Gasteiger partial charge in [-0.3, -0.25) is 4.57 Å². The highest BCUT2D eigenvalue weighted by Gasteiger charge is 2.17. The number of aromatic nitrogens is 2. The van der Waals surface area contributed by atoms with Gasteiger partial charge in [0.15, 0.2) is 0 Å². The van der Waals surface area contributed by atoms with Crippen LogP contribution in [0.5, 0.6) is 0 Å². The fraction of sp³-hybridized carbons (Fsp3) is 0.176. The Morgan fingerprint density at radius 2 is 1.84 bits per heavy atom. The van der Waals surface area contributed by atoms with Gasteiger partial charge in [-0.05, 0) is 30.7 Å². The van der Waals surface area contributed by atoms with E-state index >= 15 is 0 Å². The number of nitrogens with zero attached hydrogens (tertiary/aromatic N) is 2. The van der Waals surface area contributed by atoms with E-state index in [-0.39, 0.29) is 22.7 Å². The quantitative estimate of drug-likeness (QED) is 0.654. The molecule has 8 heteroatoms. The number of hydrogen-bond acceptors (Lipinski definition) is 4. The second-order valence-corrected chi connectivity index (χ2v) is 7.19. The first-order valence-electron chi connectivity index (χ1n) is 7.69. The lowest BCUT2D eigenvalue weighted by Gasteiger charge is -2.08. The van der Waals surface area contributed by atoms with Gasteiger partial charge >= 0.3 is 5.69 Å². The average molecular weight is 356 g/mol. The second-order valence-electron chi connectivity index (χ2n) is 5.46. The van der Waals surface area contributed by atoms with E-state index in [0.717, 1.165) is 11.0 Å². The molecule has 2 aromatic carbocycles. The molecule has 0 aliphatic carbocycles. The molecule has 25 heavy (non-hydrogen) atoms. The van der Waals surface area contributed by atoms with Crippen molar-refractivity contribution in [1.29, 1.82) is 5.26 Å². The van der Waals surface area contributed by atoms with Crippen molar-refractivity contribution < 1.29 is 8.42 Å². The Morgan fingerprint density at radius 1 is 1.12 bits per heavy atom. The van der Waals surface area contributed by atoms with Crippen molar-refractivity contribution in [2.45, 2.75) is 17.9 Å². The zero-order valence-corrected chi connectivity index (χ0v) is 14.1. The van der Waals surface area contributed by atoms with E-state index in [1.54, 1.807) is 16.7 Å². The fourth-order valence-corrected chi connectivity index (χ4v) is 3.87. The number of benzene rings is 2. The van der Waals surface area contributed by atoms with Crippen LogP contribution in [0, 0.1) is 11.3 Å². The van der Waals surface area contributed by atoms with Crippen LogP contribution in [-0.4, -0.2) is 24.5 Å². The summed E-state index contributed by atoms with van der Waals surface area (Å²) in [5.74, 6) is 0. The molecule has 2 N–H and O–H groups in total. The van der Waals surface area contributed by atoms with Crippen molar-refractivity contribution in [2.24, 2.45) is 0 Å². The number of sulfonamides is 1. The lowest BCUT2D eigenvalue weighted by Crippen LogP contribution is -2.27. The molecule has 1 aromatic heterocycles. The molecule has 0 aliphatic heterocycles. The molecule has 0 amide bonds. The molecule has 0 bridgehead atoms. The number of rotatable bonds is 6. The van der Waals surface area contributed by atoms with Crippen molar-refractivity contribution >= 4 is 21.1 Å². The maximum Gasteiger partial charge on any atom is 0.326 e. The molecule has 128 valence electrons. The van der Waals surface area contributed by atoms with E-state index in [1.165, 1.54) is 12.1 Å². The van der Waals surface area contributed by atoms with E-state index in [0.29, 0.717) is 13.0 Å². The summed E-state index contributed by atoms with van der Waals surface area (Å²) in [7, 11) is -3.76. The summed E-state index contributed by atoms with van der Waals surface area (Å²) in [5, 5.41) is 9.03. The molecule has 3 aromatic rings. The molecular formula is C17H16N4O3S. The monoisotopic (exact) mass is 356 g/mol. The number of aryl methyl sites for hydroxylation is 1. The topological polar surface area (TPSA) is 108 Å². The first-order chi connectivity index (χ1) is 12.0. The molecular weight excluding hydrogens is 340 g/mol. The molecule has 1 heterocycles. The molecule has 0 saturated carbocycles. The molecule has 0 unspecified atom stereocenters. The first kappa shape index (κ1) is 17.0. The number of aromatic amines is 1. The number of para-hydroxylation sites is 2. The number of nitrogens with one attached hydrogen (secondary N) is 2. The molecule has 0 aliphatic rings. The second kappa shape index (κ2) is 6.93. The van der Waals surface area contributed by atoms with Gasteiger partial charge in [0, 0.05) is 13.1 Å². The smallest absolute Gasteiger partial charge is 0.306 e. The lowest BCUT2D eigenvalue weighted by molar-refractivity contribution is 0.569. The van der Waals surface area contributed by atoms with Gasteiger partial charge in [0.25, 0.3) is 0 Å². The van der Waals surface area contributed by atoms with Gasteiger partial charge < -0.3 is 4.98 Å². The minimum absolute atomic E-state index is 0.0400. The van der Waals surface area contributed by atoms with E-state index in [4.69, 9.17) is 5.26 Å². The van der Waals surface area contributed by atoms with Crippen molar-refractivity contribution in [1.82, 2.24) is 14.3 Å². The number of fused-ring (bicyclic) bond motifs is 1. The average Bonchev–Trinajstić information content (AvgIpc) is 2.94. The van der Waals surface area contributed by atoms with Crippen molar-refractivity contribution in [3.05, 3.63) is 64.6 Å². The Morgan fingerprint density at radius 3 is 2.64 bits per heavy atom. The third-order valence-electron chi connectivity index (χ3n) is 3.83. The van der Waals surface area contributed by atoms with E-state index < -0.39 is 10.0 Å². The number of H-pyrrole nitrogens is 1. The molecule has 0 fully saturated rings. The SMILES string of the molecule is N#Cc1ccccc1S(=O)(=O)NCCCn1c(=O)[nH]c2ccccc21. The van der Waals surface area contributed by atoms with Crippen LogP contribution in [0.1, 0.15) is 12.0 Å². The zero-order chi connectivity index (χ0) is 17.9. The summed E-state index contributed by atoms with van der Waals surface area (Å²) in [5.41, 5.74) is 1.41. The van der Waals surface area contributed by atoms with Gasteiger partial charge in [0.05, 0.1) is 21.5 Å². The maximum absolute atomic E-state index is 12.3. The largest absolute Gasteiger partial charge is 0.326 e. The van der Waals surface area contributed by atoms with E-state index in [1.807, 2.05) is 30.3 Å². The third-order valence-corrected chi connectivity index (χ3v) is 5.35. The van der Waals surface area contributed by atoms with Crippen LogP contribution >= 0.6 is 0 Å². The molecule has 7 nitrogen and oxygen atoms in total. The minimum Gasteiger partial charge on any atom is -0.306 e. The van der Waals surface area contributed by atoms with Gasteiger partial charge in [-0.15, -0.1) is 0 Å². The van der Waals surface area contributed by atoms with Crippen LogP contribution in [0.15, 0.2) is 58.2 Å². The van der Waals surface area contributed by atoms with Crippen LogP contribution < -0.4 is 10.4 Å². The minimum atomic E-state index is -3.76. The van der Waals surface area contributed by atoms with Crippen LogP contribution in [0.2, 0.25) is 0 Å². The highest BCUT2D eigenvalue weighted by Crippen LogP contribution is 2.14. The van der Waals surface area contributed by atoms with Gasteiger partial charge in [0.2, 0.25) is 10.0 Å². The Balaban J connectivity index is 1.68. The van der Waals surface area contributed by atoms with E-state index in [9.17, 15) is 13.2 Å². The summed E-state index contributed by atoms with van der Waals surface area (Å²) < 4.78 is 28.7. The molecule has 0 radical (unpaired) electrons. The van der Waals surface area contributed by atoms with Gasteiger partial charge in [-0.25, -0.2) is 17.9 Å². The van der Waals surface area contributed by atoms with E-state index in [2.05, 4.69) is 9.71 Å². The summed E-state index contributed by atoms with van der Waals surface area (Å²) in [6.45, 7) is 0.541. The van der Waals surface area contributed by atoms with Crippen LogP contribution in [0.4, 0.5) is 0 Å². The third kappa shape index (κ3) is 3.47. The summed E-state index contributed by atoms with van der Waals surface area (Å²) in [6.07, 6.45) is 0.440. The predicted molar refractivity (Wildman–Crippen MR) is 93.5 cm³/mol. The summed E-state index contributed by atoms with van der Waals surface area (Å²) in [6, 6.07) is 15.2. The predicted octanol–water partition coefficient (Wildman–Crippen LogP) is 1.57. The Labute approximate surface area is 144 Å². The molecule has 3 rings (SSSR count). The Hall–Kier alpha value is -2.89. The maximum atomic E-state index is 12.3. The molecule has 0 atom stereocenters. The Bertz CT molecular complexity index is 1110. The van der Waals surface area contributed by atoms with Crippen molar-refractivity contribution in [3.8, 4) is 6.07 Å². The molecule has 0 spiro atoms. The van der Waals surface area contributed by atoms with Crippen LogP contribution in [0.25, 0.3) is 11.0 Å². The molecule has 0 saturated heterocycles. The standard InChI is InChI=1S/C17H16N4O3S/c18-12-13-6-1-4-9-16(13)25(23,24)19-10-5-11-21-15-8-3-2-7-14(15)20-17(21)22/h1-4,6-9,19H,5,10-11H2,(H,20,22). The summed E-state index contributed by atoms with van der Waals surface area (Å²) in [4.78, 5) is 14.7. The lowest BCUT2D eigenvalue weighted by atomic mass is 10.2. The van der Waals surface area contributed by atoms with Crippen molar-refractivity contribution in [3.63, 3.8) is 0 Å². The Kier molecular flexibility index (Phi) is 4.70. The summed E-state index contributed by atoms with van der Waals surface area (Å²) >= 11 is 0. The van der Waals surface area contributed by atoms with Gasteiger partial charge in [-0.2, -0.15) is 5.26 Å². The highest BCUT2D eigenvalue weighted by molar-refractivity contribution is 7.89. The first-order valence-corrected chi connectivity index (χ1v) is 9.17. The number of nitriles is 1. The van der Waals surface area contributed by atoms with Gasteiger partial charge in [0.1, 0.15) is 6.07 Å². The van der Waals surface area contributed by atoms with Crippen molar-refractivity contribution in [2.75, 3.05) is 6.54 Å². The normalized spacial score (nSPS) is 11.5. The number of imidazole rings is 1. The number of hydrogen-bond donors (Lipinski definition) is 2. The zero-order valence-electron chi connectivity index (χ0n) is 13.3. The van der Waals surface area contributed by atoms with Gasteiger partial charge in [-0.1, -0.05) is 24.3 Å². The fourth-order valence-electron chi connectivity index (χ4n) is 2.64. The van der Waals surface area contributed by atoms with Crippen LogP contribution in [0.3, 0.4) is 0 Å². The highest BCUT2D eigenvalue weighted by atomic mass is 32.2. The van der Waals surface area contributed by atoms with Crippen LogP contribution in [-0.2, 0) is 16.6 Å².